The van der Waals surface area contributed by atoms with Gasteiger partial charge in [0.15, 0.2) is 33.3 Å². The molecule has 0 N–H and O–H groups in total. The molecular weight excluding hydrogens is 949 g/mol. The molecule has 0 bridgehead atoms. The first kappa shape index (κ1) is 63.6. The predicted octanol–water partition coefficient (Wildman–Crippen LogP) is 8.69. The van der Waals surface area contributed by atoms with Crippen LogP contribution in [0.25, 0.3) is 0 Å². The molecule has 2 aromatic rings. The zero-order valence-electron chi connectivity index (χ0n) is 43.5. The van der Waals surface area contributed by atoms with Gasteiger partial charge in [-0.3, -0.25) is 18.0 Å². The standard InChI is InChI=1S/2C22H44NO4Si3.H2O4S/c2*1-23(2,18-21-14-11-10-12-15-21)19-22(24)20-25-16-13-17-30(9,26-28(3,4)5)27-29(6,7)8;1-5(2,3)4/h2*10-12,14-15H,13,16-20H2,1-9H3;(H2,1,2,3,4)/q2*+1;/p-2. The number of hydrogen-bond donors (Lipinski definition) is 0. The Morgan fingerprint density at radius 3 is 0.969 bits per heavy atom. The Hall–Kier alpha value is -1.37. The van der Waals surface area contributed by atoms with Crippen molar-refractivity contribution in [2.24, 2.45) is 0 Å². The number of likely N-dealkylation sites (N-methyl/N-ethyl adjacent to an activating group) is 2. The van der Waals surface area contributed by atoms with Gasteiger partial charge in [-0.25, -0.2) is 0 Å². The van der Waals surface area contributed by atoms with Crippen molar-refractivity contribution in [2.75, 3.05) is 67.7 Å². The second kappa shape index (κ2) is 27.7. The summed E-state index contributed by atoms with van der Waals surface area (Å²) in [5.41, 5.74) is 2.48. The molecular formula is C44H88N2O12SSi6. The second-order valence-corrected chi connectivity index (χ2v) is 48.9. The molecule has 2 rings (SSSR count). The van der Waals surface area contributed by atoms with Crippen molar-refractivity contribution in [3.05, 3.63) is 71.8 Å². The van der Waals surface area contributed by atoms with E-state index in [2.05, 4.69) is 144 Å². The zero-order chi connectivity index (χ0) is 50.6. The molecule has 0 aliphatic carbocycles. The Kier molecular flexibility index (Phi) is 27.1. The number of rotatable bonds is 28. The Labute approximate surface area is 401 Å². The van der Waals surface area contributed by atoms with Crippen molar-refractivity contribution < 1.29 is 62.0 Å². The number of nitrogens with zero attached hydrogens (tertiary/aromatic N) is 2. The number of ketones is 2. The minimum absolute atomic E-state index is 0.146. The second-order valence-electron chi connectivity index (χ2n) is 22.4. The molecule has 2 aromatic carbocycles. The molecule has 0 spiro atoms. The molecule has 0 atom stereocenters. The highest BCUT2D eigenvalue weighted by Crippen LogP contribution is 2.27. The minimum atomic E-state index is -5.17. The quantitative estimate of drug-likeness (QED) is 0.0262. The van der Waals surface area contributed by atoms with Crippen LogP contribution in [0.1, 0.15) is 24.0 Å². The molecule has 0 unspecified atom stereocenters. The number of benzene rings is 2. The Bertz CT molecular complexity index is 1630. The lowest BCUT2D eigenvalue weighted by Gasteiger charge is -2.38. The lowest BCUT2D eigenvalue weighted by molar-refractivity contribution is -0.895. The first-order valence-electron chi connectivity index (χ1n) is 22.6. The Morgan fingerprint density at radius 1 is 0.492 bits per heavy atom. The number of hydrogen-bond acceptors (Lipinski definition) is 12. The number of carbonyl (C=O) groups is 2. The number of carbonyl (C=O) groups excluding carboxylic acids is 2. The fourth-order valence-electron chi connectivity index (χ4n) is 7.51. The molecule has 376 valence electrons. The molecule has 0 amide bonds. The number of ether oxygens (including phenoxy) is 2. The highest BCUT2D eigenvalue weighted by Gasteiger charge is 2.41. The van der Waals surface area contributed by atoms with E-state index in [-0.39, 0.29) is 24.8 Å². The minimum Gasteiger partial charge on any atom is -0.759 e. The first-order valence-corrected chi connectivity index (χ1v) is 42.6. The third-order valence-corrected chi connectivity index (χ3v) is 27.8. The fourth-order valence-corrected chi connectivity index (χ4v) is 32.5. The van der Waals surface area contributed by atoms with Crippen molar-refractivity contribution in [2.45, 2.75) is 130 Å². The molecule has 0 aliphatic heterocycles. The summed E-state index contributed by atoms with van der Waals surface area (Å²) in [7, 11) is -7.97. The van der Waals surface area contributed by atoms with E-state index >= 15 is 0 Å². The van der Waals surface area contributed by atoms with Crippen molar-refractivity contribution >= 4 is 72.4 Å². The topological polar surface area (TPSA) is 170 Å². The largest absolute Gasteiger partial charge is 0.759 e. The maximum atomic E-state index is 12.4. The lowest BCUT2D eigenvalue weighted by atomic mass is 10.2. The van der Waals surface area contributed by atoms with Crippen LogP contribution in [0.15, 0.2) is 60.7 Å². The van der Waals surface area contributed by atoms with E-state index in [0.29, 0.717) is 35.3 Å². The summed E-state index contributed by atoms with van der Waals surface area (Å²) in [6.45, 7) is 35.1. The summed E-state index contributed by atoms with van der Waals surface area (Å²) in [5.74, 6) is 0.292. The maximum absolute atomic E-state index is 12.4. The summed E-state index contributed by atoms with van der Waals surface area (Å²) in [6.07, 6.45) is 1.74. The Morgan fingerprint density at radius 2 is 0.738 bits per heavy atom. The van der Waals surface area contributed by atoms with Crippen molar-refractivity contribution in [3.8, 4) is 0 Å². The smallest absolute Gasteiger partial charge is 0.314 e. The molecule has 0 saturated heterocycles. The maximum Gasteiger partial charge on any atom is 0.314 e. The Balaban J connectivity index is 0.00000114. The van der Waals surface area contributed by atoms with Gasteiger partial charge in [0.05, 0.1) is 28.2 Å². The van der Waals surface area contributed by atoms with Gasteiger partial charge in [0, 0.05) is 34.7 Å². The number of Topliss-reactive ketones (excluding diaryl/α,β-unsaturated/α-hetero) is 2. The SMILES string of the molecule is C[N+](C)(CC(=O)COCCC[Si](C)(O[Si](C)(C)C)O[Si](C)(C)C)Cc1ccccc1.C[N+](C)(CC(=O)COCCC[Si](C)(O[Si](C)(C)C)O[Si](C)(C)C)Cc1ccccc1.O=S(=O)([O-])[O-]. The molecule has 14 nitrogen and oxygen atoms in total. The molecule has 0 heterocycles. The van der Waals surface area contributed by atoms with Crippen LogP contribution in [0.2, 0.25) is 104 Å². The molecule has 0 aromatic heterocycles. The van der Waals surface area contributed by atoms with Gasteiger partial charge in [0.2, 0.25) is 11.6 Å². The normalized spacial score (nSPS) is 13.4. The third-order valence-electron chi connectivity index (χ3n) is 8.57. The van der Waals surface area contributed by atoms with Gasteiger partial charge in [0.25, 0.3) is 0 Å². The molecule has 0 radical (unpaired) electrons. The van der Waals surface area contributed by atoms with Crippen LogP contribution < -0.4 is 0 Å². The van der Waals surface area contributed by atoms with Crippen LogP contribution in [0.5, 0.6) is 0 Å². The van der Waals surface area contributed by atoms with Crippen molar-refractivity contribution in [1.82, 2.24) is 0 Å². The van der Waals surface area contributed by atoms with E-state index in [0.717, 1.165) is 38.0 Å². The average molecular weight is 1040 g/mol. The van der Waals surface area contributed by atoms with E-state index < -0.39 is 60.8 Å². The lowest BCUT2D eigenvalue weighted by Crippen LogP contribution is -2.52. The van der Waals surface area contributed by atoms with E-state index in [1.807, 2.05) is 36.4 Å². The summed E-state index contributed by atoms with van der Waals surface area (Å²) in [5, 5.41) is 0. The van der Waals surface area contributed by atoms with Crippen molar-refractivity contribution in [3.63, 3.8) is 0 Å². The van der Waals surface area contributed by atoms with E-state index in [1.165, 1.54) is 11.1 Å². The van der Waals surface area contributed by atoms with Crippen LogP contribution in [0.4, 0.5) is 0 Å². The van der Waals surface area contributed by atoms with Gasteiger partial charge in [-0.1, -0.05) is 60.7 Å². The summed E-state index contributed by atoms with van der Waals surface area (Å²) in [6, 6.07) is 22.4. The zero-order valence-corrected chi connectivity index (χ0v) is 50.3. The summed E-state index contributed by atoms with van der Waals surface area (Å²) < 4.78 is 72.9. The number of quaternary nitrogens is 2. The predicted molar refractivity (Wildman–Crippen MR) is 276 cm³/mol. The van der Waals surface area contributed by atoms with Gasteiger partial charge < -0.3 is 44.0 Å². The molecule has 21 heteroatoms. The van der Waals surface area contributed by atoms with Gasteiger partial charge in [-0.2, -0.15) is 0 Å². The van der Waals surface area contributed by atoms with E-state index in [9.17, 15) is 9.59 Å². The van der Waals surface area contributed by atoms with Gasteiger partial charge in [0.1, 0.15) is 39.4 Å². The van der Waals surface area contributed by atoms with Crippen LogP contribution >= 0.6 is 0 Å². The van der Waals surface area contributed by atoms with Crippen LogP contribution in [-0.4, -0.2) is 156 Å². The first-order chi connectivity index (χ1) is 29.2. The third kappa shape index (κ3) is 39.2. The molecule has 0 aliphatic rings. The van der Waals surface area contributed by atoms with Crippen LogP contribution in [0, 0.1) is 0 Å². The summed E-state index contributed by atoms with van der Waals surface area (Å²) >= 11 is 0. The van der Waals surface area contributed by atoms with Gasteiger partial charge in [-0.05, 0) is 117 Å². The van der Waals surface area contributed by atoms with Crippen molar-refractivity contribution in [1.29, 1.82) is 0 Å². The summed E-state index contributed by atoms with van der Waals surface area (Å²) in [4.78, 5) is 24.8. The van der Waals surface area contributed by atoms with Gasteiger partial charge >= 0.3 is 17.1 Å². The molecule has 65 heavy (non-hydrogen) atoms. The van der Waals surface area contributed by atoms with Crippen LogP contribution in [-0.2, 0) is 59.0 Å². The van der Waals surface area contributed by atoms with Crippen LogP contribution in [0.3, 0.4) is 0 Å². The molecule has 0 saturated carbocycles. The highest BCUT2D eigenvalue weighted by atomic mass is 32.3. The fraction of sp³-hybridized carbons (Fsp3) is 0.682. The monoisotopic (exact) mass is 1040 g/mol. The molecule has 0 fully saturated rings. The average Bonchev–Trinajstić information content (AvgIpc) is 3.04. The van der Waals surface area contributed by atoms with E-state index in [4.69, 9.17) is 43.5 Å². The highest BCUT2D eigenvalue weighted by molar-refractivity contribution is 7.79. The van der Waals surface area contributed by atoms with Gasteiger partial charge in [-0.15, -0.1) is 0 Å². The van der Waals surface area contributed by atoms with E-state index in [1.54, 1.807) is 0 Å².